The standard InChI is InChI=1S/C17H14Cl2F3N3O/c18-9-4-10(19)6-12(5-9)24-15-7-14(17(20,21)22)13(8-23-15)16(26)25-11-2-1-3-11/h4-8,11H,1-3H2,(H,23,24)(H,25,26). The number of rotatable bonds is 4. The molecule has 1 heterocycles. The second-order valence-corrected chi connectivity index (χ2v) is 6.87. The number of carbonyl (C=O) groups excluding carboxylic acids is 1. The molecule has 9 heteroatoms. The summed E-state index contributed by atoms with van der Waals surface area (Å²) < 4.78 is 40.2. The fourth-order valence-electron chi connectivity index (χ4n) is 2.53. The first kappa shape index (κ1) is 18.8. The van der Waals surface area contributed by atoms with E-state index in [1.807, 2.05) is 0 Å². The van der Waals surface area contributed by atoms with Crippen molar-refractivity contribution >= 4 is 40.6 Å². The van der Waals surface area contributed by atoms with Crippen molar-refractivity contribution in [3.05, 3.63) is 51.6 Å². The molecule has 0 aliphatic heterocycles. The molecular weight excluding hydrogens is 390 g/mol. The number of alkyl halides is 3. The van der Waals surface area contributed by atoms with Gasteiger partial charge in [0.25, 0.3) is 5.91 Å². The van der Waals surface area contributed by atoms with Crippen LogP contribution in [0.15, 0.2) is 30.5 Å². The van der Waals surface area contributed by atoms with Crippen molar-refractivity contribution in [2.24, 2.45) is 0 Å². The Morgan fingerprint density at radius 3 is 2.31 bits per heavy atom. The lowest BCUT2D eigenvalue weighted by Crippen LogP contribution is -2.40. The second-order valence-electron chi connectivity index (χ2n) is 6.00. The number of nitrogens with one attached hydrogen (secondary N) is 2. The van der Waals surface area contributed by atoms with E-state index in [2.05, 4.69) is 15.6 Å². The van der Waals surface area contributed by atoms with E-state index in [0.29, 0.717) is 15.7 Å². The van der Waals surface area contributed by atoms with Crippen LogP contribution in [0, 0.1) is 0 Å². The number of anilines is 2. The van der Waals surface area contributed by atoms with Crippen LogP contribution < -0.4 is 10.6 Å². The first-order valence-electron chi connectivity index (χ1n) is 7.83. The quantitative estimate of drug-likeness (QED) is 0.714. The zero-order valence-electron chi connectivity index (χ0n) is 13.3. The van der Waals surface area contributed by atoms with Gasteiger partial charge in [-0.2, -0.15) is 13.2 Å². The summed E-state index contributed by atoms with van der Waals surface area (Å²) in [5, 5.41) is 5.96. The molecule has 4 nitrogen and oxygen atoms in total. The highest BCUT2D eigenvalue weighted by Gasteiger charge is 2.36. The van der Waals surface area contributed by atoms with Crippen LogP contribution in [0.25, 0.3) is 0 Å². The second kappa shape index (κ2) is 7.32. The molecule has 1 amide bonds. The lowest BCUT2D eigenvalue weighted by atomic mass is 9.93. The Morgan fingerprint density at radius 2 is 1.77 bits per heavy atom. The van der Waals surface area contributed by atoms with E-state index in [1.54, 1.807) is 0 Å². The zero-order valence-corrected chi connectivity index (χ0v) is 14.8. The highest BCUT2D eigenvalue weighted by molar-refractivity contribution is 6.35. The van der Waals surface area contributed by atoms with Crippen LogP contribution in [0.5, 0.6) is 0 Å². The fourth-order valence-corrected chi connectivity index (χ4v) is 3.05. The minimum atomic E-state index is -4.70. The molecule has 2 N–H and O–H groups in total. The van der Waals surface area contributed by atoms with Gasteiger partial charge in [-0.3, -0.25) is 4.79 Å². The molecule has 1 saturated carbocycles. The molecule has 3 rings (SSSR count). The van der Waals surface area contributed by atoms with Crippen molar-refractivity contribution in [3.63, 3.8) is 0 Å². The number of amides is 1. The molecule has 26 heavy (non-hydrogen) atoms. The number of halogens is 5. The van der Waals surface area contributed by atoms with E-state index in [4.69, 9.17) is 23.2 Å². The summed E-state index contributed by atoms with van der Waals surface area (Å²) in [7, 11) is 0. The largest absolute Gasteiger partial charge is 0.417 e. The molecule has 1 aromatic heterocycles. The van der Waals surface area contributed by atoms with Crippen LogP contribution in [-0.4, -0.2) is 16.9 Å². The molecule has 0 saturated heterocycles. The van der Waals surface area contributed by atoms with Gasteiger partial charge in [0.2, 0.25) is 0 Å². The number of carbonyl (C=O) groups is 1. The Bertz CT molecular complexity index is 818. The van der Waals surface area contributed by atoms with Gasteiger partial charge >= 0.3 is 6.18 Å². The van der Waals surface area contributed by atoms with E-state index in [1.165, 1.54) is 18.2 Å². The monoisotopic (exact) mass is 403 g/mol. The third kappa shape index (κ3) is 4.40. The van der Waals surface area contributed by atoms with Crippen LogP contribution in [0.4, 0.5) is 24.7 Å². The first-order valence-corrected chi connectivity index (χ1v) is 8.59. The Kier molecular flexibility index (Phi) is 5.29. The molecule has 0 unspecified atom stereocenters. The number of nitrogens with zero attached hydrogens (tertiary/aromatic N) is 1. The summed E-state index contributed by atoms with van der Waals surface area (Å²) in [6.07, 6.45) is -1.27. The number of benzene rings is 1. The lowest BCUT2D eigenvalue weighted by molar-refractivity contribution is -0.138. The van der Waals surface area contributed by atoms with Crippen molar-refractivity contribution in [1.82, 2.24) is 10.3 Å². The van der Waals surface area contributed by atoms with Crippen LogP contribution in [0.3, 0.4) is 0 Å². The average molecular weight is 404 g/mol. The van der Waals surface area contributed by atoms with Crippen molar-refractivity contribution < 1.29 is 18.0 Å². The molecule has 0 atom stereocenters. The third-order valence-corrected chi connectivity index (χ3v) is 4.47. The Hall–Kier alpha value is -1.99. The van der Waals surface area contributed by atoms with E-state index >= 15 is 0 Å². The molecule has 1 aromatic carbocycles. The summed E-state index contributed by atoms with van der Waals surface area (Å²) >= 11 is 11.8. The lowest BCUT2D eigenvalue weighted by Gasteiger charge is -2.27. The van der Waals surface area contributed by atoms with Crippen molar-refractivity contribution in [2.75, 3.05) is 5.32 Å². The zero-order chi connectivity index (χ0) is 18.9. The number of hydrogen-bond donors (Lipinski definition) is 2. The minimum absolute atomic E-state index is 0.0733. The van der Waals surface area contributed by atoms with Gasteiger partial charge in [0, 0.05) is 28.0 Å². The molecule has 1 aliphatic rings. The Balaban J connectivity index is 1.89. The van der Waals surface area contributed by atoms with Gasteiger partial charge in [0.1, 0.15) is 5.82 Å². The van der Waals surface area contributed by atoms with Gasteiger partial charge in [0.15, 0.2) is 0 Å². The van der Waals surface area contributed by atoms with E-state index in [9.17, 15) is 18.0 Å². The van der Waals surface area contributed by atoms with Gasteiger partial charge in [0.05, 0.1) is 11.1 Å². The number of hydrogen-bond acceptors (Lipinski definition) is 3. The summed E-state index contributed by atoms with van der Waals surface area (Å²) in [4.78, 5) is 16.1. The highest BCUT2D eigenvalue weighted by atomic mass is 35.5. The molecule has 0 radical (unpaired) electrons. The number of pyridine rings is 1. The van der Waals surface area contributed by atoms with Crippen molar-refractivity contribution in [1.29, 1.82) is 0 Å². The molecule has 2 aromatic rings. The molecule has 0 bridgehead atoms. The number of aromatic nitrogens is 1. The SMILES string of the molecule is O=C(NC1CCC1)c1cnc(Nc2cc(Cl)cc(Cl)c2)cc1C(F)(F)F. The highest BCUT2D eigenvalue weighted by Crippen LogP contribution is 2.34. The maximum Gasteiger partial charge on any atom is 0.417 e. The van der Waals surface area contributed by atoms with Gasteiger partial charge in [-0.25, -0.2) is 4.98 Å². The van der Waals surface area contributed by atoms with Crippen molar-refractivity contribution in [2.45, 2.75) is 31.5 Å². The van der Waals surface area contributed by atoms with E-state index in [-0.39, 0.29) is 11.9 Å². The summed E-state index contributed by atoms with van der Waals surface area (Å²) in [6, 6.07) is 5.22. The predicted molar refractivity (Wildman–Crippen MR) is 94.1 cm³/mol. The van der Waals surface area contributed by atoms with Crippen molar-refractivity contribution in [3.8, 4) is 0 Å². The Labute approximate surface area is 157 Å². The van der Waals surface area contributed by atoms with Crippen LogP contribution >= 0.6 is 23.2 Å². The van der Waals surface area contributed by atoms with Crippen LogP contribution in [0.2, 0.25) is 10.0 Å². The third-order valence-electron chi connectivity index (χ3n) is 4.03. The normalized spacial score (nSPS) is 14.7. The van der Waals surface area contributed by atoms with Crippen LogP contribution in [0.1, 0.15) is 35.2 Å². The molecule has 0 spiro atoms. The van der Waals surface area contributed by atoms with E-state index < -0.39 is 23.2 Å². The average Bonchev–Trinajstić information content (AvgIpc) is 2.48. The van der Waals surface area contributed by atoms with Gasteiger partial charge < -0.3 is 10.6 Å². The molecular formula is C17H14Cl2F3N3O. The first-order chi connectivity index (χ1) is 12.2. The molecule has 1 fully saturated rings. The van der Waals surface area contributed by atoms with Gasteiger partial charge in [-0.1, -0.05) is 23.2 Å². The fraction of sp³-hybridized carbons (Fsp3) is 0.294. The topological polar surface area (TPSA) is 54.0 Å². The molecule has 1 aliphatic carbocycles. The maximum absolute atomic E-state index is 13.4. The predicted octanol–water partition coefficient (Wildman–Crippen LogP) is 5.43. The summed E-state index contributed by atoms with van der Waals surface area (Å²) in [6.45, 7) is 0. The summed E-state index contributed by atoms with van der Waals surface area (Å²) in [5.74, 6) is -0.845. The van der Waals surface area contributed by atoms with Crippen LogP contribution in [-0.2, 0) is 6.18 Å². The van der Waals surface area contributed by atoms with E-state index in [0.717, 1.165) is 31.5 Å². The Morgan fingerprint density at radius 1 is 1.12 bits per heavy atom. The molecule has 138 valence electrons. The van der Waals surface area contributed by atoms with Gasteiger partial charge in [-0.15, -0.1) is 0 Å². The maximum atomic E-state index is 13.4. The summed E-state index contributed by atoms with van der Waals surface area (Å²) in [5.41, 5.74) is -1.17. The minimum Gasteiger partial charge on any atom is -0.349 e. The smallest absolute Gasteiger partial charge is 0.349 e. The van der Waals surface area contributed by atoms with Gasteiger partial charge in [-0.05, 0) is 43.5 Å².